The van der Waals surface area contributed by atoms with Crippen molar-refractivity contribution in [2.45, 2.75) is 39.5 Å². The molecular formula is C15H22BrN3O2. The molecule has 0 fully saturated rings. The van der Waals surface area contributed by atoms with E-state index >= 15 is 0 Å². The van der Waals surface area contributed by atoms with Crippen LogP contribution in [0.5, 0.6) is 0 Å². The molecule has 1 rings (SSSR count). The van der Waals surface area contributed by atoms with Crippen LogP contribution < -0.4 is 11.1 Å². The summed E-state index contributed by atoms with van der Waals surface area (Å²) in [5, 5.41) is 14.6. The van der Waals surface area contributed by atoms with Gasteiger partial charge in [-0.1, -0.05) is 31.8 Å². The van der Waals surface area contributed by atoms with Crippen molar-refractivity contribution in [3.8, 4) is 0 Å². The van der Waals surface area contributed by atoms with Crippen LogP contribution in [0.1, 0.15) is 45.1 Å². The van der Waals surface area contributed by atoms with Gasteiger partial charge in [-0.05, 0) is 47.0 Å². The minimum atomic E-state index is 0.0309. The van der Waals surface area contributed by atoms with Crippen LogP contribution in [0.4, 0.5) is 5.69 Å². The summed E-state index contributed by atoms with van der Waals surface area (Å²) in [6.07, 6.45) is 3.75. The van der Waals surface area contributed by atoms with Crippen molar-refractivity contribution in [2.75, 3.05) is 5.32 Å². The van der Waals surface area contributed by atoms with E-state index in [1.165, 1.54) is 0 Å². The Morgan fingerprint density at radius 3 is 2.48 bits per heavy atom. The van der Waals surface area contributed by atoms with Gasteiger partial charge in [0.05, 0.1) is 5.69 Å². The van der Waals surface area contributed by atoms with Crippen molar-refractivity contribution in [1.82, 2.24) is 0 Å². The quantitative estimate of drug-likeness (QED) is 0.301. The Bertz CT molecular complexity index is 512. The van der Waals surface area contributed by atoms with Crippen molar-refractivity contribution in [3.63, 3.8) is 0 Å². The lowest BCUT2D eigenvalue weighted by Gasteiger charge is -2.16. The third kappa shape index (κ3) is 5.04. The number of hydrogen-bond acceptors (Lipinski definition) is 3. The molecule has 0 radical (unpaired) electrons. The predicted octanol–water partition coefficient (Wildman–Crippen LogP) is 3.70. The molecule has 0 heterocycles. The molecular weight excluding hydrogens is 334 g/mol. The topological polar surface area (TPSA) is 87.7 Å². The largest absolute Gasteiger partial charge is 0.409 e. The van der Waals surface area contributed by atoms with Crippen LogP contribution in [0.15, 0.2) is 27.8 Å². The third-order valence-corrected chi connectivity index (χ3v) is 3.93. The first-order chi connectivity index (χ1) is 10.0. The highest BCUT2D eigenvalue weighted by atomic mass is 79.9. The number of carbonyl (C=O) groups is 1. The Labute approximate surface area is 133 Å². The van der Waals surface area contributed by atoms with E-state index in [0.717, 1.165) is 25.7 Å². The van der Waals surface area contributed by atoms with Crippen LogP contribution in [0.25, 0.3) is 0 Å². The number of halogens is 1. The highest BCUT2D eigenvalue weighted by Gasteiger charge is 2.17. The molecule has 0 spiro atoms. The first-order valence-corrected chi connectivity index (χ1v) is 7.91. The Morgan fingerprint density at radius 1 is 1.38 bits per heavy atom. The fraction of sp³-hybridized carbons (Fsp3) is 0.467. The molecule has 1 amide bonds. The second-order valence-electron chi connectivity index (χ2n) is 4.94. The van der Waals surface area contributed by atoms with Crippen molar-refractivity contribution in [3.05, 3.63) is 28.2 Å². The number of nitrogens with one attached hydrogen (secondary N) is 1. The summed E-state index contributed by atoms with van der Waals surface area (Å²) < 4.78 is 0.701. The number of nitrogens with zero attached hydrogens (tertiary/aromatic N) is 1. The van der Waals surface area contributed by atoms with Gasteiger partial charge in [0.15, 0.2) is 5.84 Å². The zero-order valence-electron chi connectivity index (χ0n) is 12.4. The summed E-state index contributed by atoms with van der Waals surface area (Å²) in [4.78, 5) is 12.3. The fourth-order valence-corrected chi connectivity index (χ4v) is 2.65. The van der Waals surface area contributed by atoms with Crippen LogP contribution >= 0.6 is 15.9 Å². The fourth-order valence-electron chi connectivity index (χ4n) is 2.17. The third-order valence-electron chi connectivity index (χ3n) is 3.28. The van der Waals surface area contributed by atoms with Gasteiger partial charge in [0.1, 0.15) is 0 Å². The first-order valence-electron chi connectivity index (χ1n) is 7.11. The number of amides is 1. The molecule has 0 aromatic heterocycles. The number of hydrogen-bond donors (Lipinski definition) is 3. The number of anilines is 1. The molecule has 6 heteroatoms. The summed E-state index contributed by atoms with van der Waals surface area (Å²) in [6, 6.07) is 5.15. The van der Waals surface area contributed by atoms with E-state index in [2.05, 4.69) is 40.2 Å². The predicted molar refractivity (Wildman–Crippen MR) is 88.6 cm³/mol. The molecule has 0 aliphatic carbocycles. The molecule has 0 unspecified atom stereocenters. The minimum Gasteiger partial charge on any atom is -0.409 e. The standard InChI is InChI=1S/C15H22BrN3O2/c1-3-5-10(6-4-2)15(20)18-13-8-7-11(9-12(13)16)14(17)19-21/h7-10,21H,3-6H2,1-2H3,(H2,17,19)(H,18,20). The smallest absolute Gasteiger partial charge is 0.227 e. The average molecular weight is 356 g/mol. The van der Waals surface area contributed by atoms with E-state index in [9.17, 15) is 4.79 Å². The molecule has 4 N–H and O–H groups in total. The van der Waals surface area contributed by atoms with Gasteiger partial charge in [-0.3, -0.25) is 4.79 Å². The lowest BCUT2D eigenvalue weighted by atomic mass is 9.97. The Hall–Kier alpha value is -1.56. The first kappa shape index (κ1) is 17.5. The molecule has 0 aliphatic rings. The van der Waals surface area contributed by atoms with Crippen molar-refractivity contribution < 1.29 is 10.0 Å². The maximum absolute atomic E-state index is 12.3. The number of carbonyl (C=O) groups excluding carboxylic acids is 1. The van der Waals surface area contributed by atoms with Gasteiger partial charge in [-0.25, -0.2) is 0 Å². The van der Waals surface area contributed by atoms with Crippen LogP contribution in [-0.4, -0.2) is 17.0 Å². The number of benzene rings is 1. The van der Waals surface area contributed by atoms with Crippen molar-refractivity contribution in [2.24, 2.45) is 16.8 Å². The zero-order valence-corrected chi connectivity index (χ0v) is 14.0. The van der Waals surface area contributed by atoms with Crippen LogP contribution in [0.3, 0.4) is 0 Å². The van der Waals surface area contributed by atoms with E-state index in [-0.39, 0.29) is 17.7 Å². The molecule has 116 valence electrons. The average Bonchev–Trinajstić information content (AvgIpc) is 2.48. The van der Waals surface area contributed by atoms with Crippen LogP contribution in [0.2, 0.25) is 0 Å². The monoisotopic (exact) mass is 355 g/mol. The lowest BCUT2D eigenvalue weighted by molar-refractivity contribution is -0.120. The molecule has 1 aromatic carbocycles. The van der Waals surface area contributed by atoms with Crippen molar-refractivity contribution in [1.29, 1.82) is 0 Å². The second kappa shape index (κ2) is 8.67. The molecule has 0 aliphatic heterocycles. The molecule has 1 aromatic rings. The molecule has 21 heavy (non-hydrogen) atoms. The van der Waals surface area contributed by atoms with Gasteiger partial charge >= 0.3 is 0 Å². The maximum Gasteiger partial charge on any atom is 0.227 e. The van der Waals surface area contributed by atoms with Crippen LogP contribution in [0, 0.1) is 5.92 Å². The van der Waals surface area contributed by atoms with E-state index < -0.39 is 0 Å². The molecule has 5 nitrogen and oxygen atoms in total. The summed E-state index contributed by atoms with van der Waals surface area (Å²) in [7, 11) is 0. The molecule has 0 bridgehead atoms. The normalized spacial score (nSPS) is 11.7. The van der Waals surface area contributed by atoms with Gasteiger partial charge in [-0.15, -0.1) is 0 Å². The Kier molecular flexibility index (Phi) is 7.22. The summed E-state index contributed by atoms with van der Waals surface area (Å²) >= 11 is 3.39. The summed E-state index contributed by atoms with van der Waals surface area (Å²) in [5.41, 5.74) is 6.80. The van der Waals surface area contributed by atoms with Gasteiger partial charge in [-0.2, -0.15) is 0 Å². The van der Waals surface area contributed by atoms with E-state index in [1.807, 2.05) is 0 Å². The maximum atomic E-state index is 12.3. The highest BCUT2D eigenvalue weighted by molar-refractivity contribution is 9.10. The number of nitrogens with two attached hydrogens (primary N) is 1. The second-order valence-corrected chi connectivity index (χ2v) is 5.80. The number of oxime groups is 1. The van der Waals surface area contributed by atoms with E-state index in [0.29, 0.717) is 15.7 Å². The highest BCUT2D eigenvalue weighted by Crippen LogP contribution is 2.25. The summed E-state index contributed by atoms with van der Waals surface area (Å²) in [6.45, 7) is 4.16. The number of rotatable bonds is 7. The summed E-state index contributed by atoms with van der Waals surface area (Å²) in [5.74, 6) is 0.106. The number of amidine groups is 1. The Balaban J connectivity index is 2.85. The molecule has 0 saturated carbocycles. The van der Waals surface area contributed by atoms with Gasteiger partial charge in [0.2, 0.25) is 5.91 Å². The van der Waals surface area contributed by atoms with Gasteiger partial charge in [0.25, 0.3) is 0 Å². The zero-order chi connectivity index (χ0) is 15.8. The van der Waals surface area contributed by atoms with Gasteiger partial charge in [0, 0.05) is 16.0 Å². The molecule has 0 saturated heterocycles. The molecule has 0 atom stereocenters. The minimum absolute atomic E-state index is 0.0309. The Morgan fingerprint density at radius 2 is 2.00 bits per heavy atom. The lowest BCUT2D eigenvalue weighted by Crippen LogP contribution is -2.23. The van der Waals surface area contributed by atoms with Gasteiger partial charge < -0.3 is 16.3 Å². The van der Waals surface area contributed by atoms with E-state index in [1.54, 1.807) is 18.2 Å². The SMILES string of the molecule is CCCC(CCC)C(=O)Nc1ccc(/C(N)=N/O)cc1Br. The van der Waals surface area contributed by atoms with Crippen molar-refractivity contribution >= 4 is 33.4 Å². The van der Waals surface area contributed by atoms with E-state index in [4.69, 9.17) is 10.9 Å². The van der Waals surface area contributed by atoms with Crippen LogP contribution in [-0.2, 0) is 4.79 Å².